The van der Waals surface area contributed by atoms with Crippen LogP contribution in [0.15, 0.2) is 30.3 Å². The topological polar surface area (TPSA) is 88.8 Å². The van der Waals surface area contributed by atoms with Crippen molar-refractivity contribution in [2.24, 2.45) is 5.41 Å². The molecule has 2 aliphatic rings. The second kappa shape index (κ2) is 5.85. The maximum Gasteiger partial charge on any atom is 0.319 e. The van der Waals surface area contributed by atoms with Crippen molar-refractivity contribution in [2.45, 2.75) is 36.6 Å². The van der Waals surface area contributed by atoms with Gasteiger partial charge in [-0.15, -0.1) is 0 Å². The van der Waals surface area contributed by atoms with Gasteiger partial charge < -0.3 is 19.3 Å². The Bertz CT molecular complexity index is 666. The number of aliphatic hydroxyl groups is 1. The van der Waals surface area contributed by atoms with E-state index in [1.165, 1.54) is 14.2 Å². The quantitative estimate of drug-likeness (QED) is 0.631. The highest BCUT2D eigenvalue weighted by atomic mass is 16.7. The number of carbonyl (C=O) groups excluding carboxylic acids is 1. The third kappa shape index (κ3) is 1.78. The maximum atomic E-state index is 12.9. The molecule has 6 heteroatoms. The summed E-state index contributed by atoms with van der Waals surface area (Å²) in [5.41, 5.74) is -1.50. The number of nitriles is 1. The highest BCUT2D eigenvalue weighted by Gasteiger charge is 2.84. The largest absolute Gasteiger partial charge is 0.450 e. The van der Waals surface area contributed by atoms with Crippen LogP contribution in [0.2, 0.25) is 0 Å². The molecule has 6 nitrogen and oxygen atoms in total. The minimum atomic E-state index is -1.43. The lowest BCUT2D eigenvalue weighted by molar-refractivity contribution is -0.295. The second-order valence-electron chi connectivity index (χ2n) is 6.36. The lowest BCUT2D eigenvalue weighted by atomic mass is 9.68. The zero-order valence-corrected chi connectivity index (χ0v) is 13.8. The zero-order valence-electron chi connectivity index (χ0n) is 13.8. The van der Waals surface area contributed by atoms with Gasteiger partial charge in [-0.2, -0.15) is 5.26 Å². The van der Waals surface area contributed by atoms with Crippen LogP contribution in [0.25, 0.3) is 0 Å². The van der Waals surface area contributed by atoms with Gasteiger partial charge >= 0.3 is 5.97 Å². The van der Waals surface area contributed by atoms with Crippen LogP contribution in [0.1, 0.15) is 30.7 Å². The maximum absolute atomic E-state index is 12.9. The van der Waals surface area contributed by atoms with Crippen LogP contribution < -0.4 is 0 Å². The fraction of sp³-hybridized carbons (Fsp3) is 0.556. The summed E-state index contributed by atoms with van der Waals surface area (Å²) in [4.78, 5) is 12.9. The first-order valence-corrected chi connectivity index (χ1v) is 7.94. The van der Waals surface area contributed by atoms with E-state index in [0.29, 0.717) is 6.42 Å². The van der Waals surface area contributed by atoms with Crippen LogP contribution >= 0.6 is 0 Å². The Labute approximate surface area is 140 Å². The van der Waals surface area contributed by atoms with Crippen LogP contribution in [0, 0.1) is 16.7 Å². The molecule has 1 N–H and O–H groups in total. The standard InChI is InChI=1S/C18H21NO5/c1-22-18(23-2)16(12-20)11-14(13-7-4-3-5-8-13)17(18,9-6-10-19)15(21)24-16/h3-5,7-8,14,20H,6,9,11-12H2,1-2H3/t14-,16+,17-/m1/s1. The lowest BCUT2D eigenvalue weighted by Crippen LogP contribution is -2.58. The summed E-state index contributed by atoms with van der Waals surface area (Å²) in [6.07, 6.45) is 0.784. The Morgan fingerprint density at radius 1 is 1.33 bits per heavy atom. The van der Waals surface area contributed by atoms with Gasteiger partial charge in [-0.25, -0.2) is 0 Å². The molecule has 1 aromatic carbocycles. The first kappa shape index (κ1) is 16.9. The SMILES string of the molecule is COC1(OC)[C@@]2(CO)C[C@H](c3ccccc3)[C@]1(CCC#N)C(=O)O2. The summed E-state index contributed by atoms with van der Waals surface area (Å²) in [5.74, 6) is -2.17. The van der Waals surface area contributed by atoms with Crippen molar-refractivity contribution in [3.63, 3.8) is 0 Å². The van der Waals surface area contributed by atoms with Crippen molar-refractivity contribution in [2.75, 3.05) is 20.8 Å². The Morgan fingerprint density at radius 2 is 2.00 bits per heavy atom. The number of methoxy groups -OCH3 is 2. The van der Waals surface area contributed by atoms with Crippen molar-refractivity contribution < 1.29 is 24.1 Å². The van der Waals surface area contributed by atoms with Crippen molar-refractivity contribution in [3.05, 3.63) is 35.9 Å². The van der Waals surface area contributed by atoms with Crippen LogP contribution in [0.3, 0.4) is 0 Å². The van der Waals surface area contributed by atoms with Crippen molar-refractivity contribution >= 4 is 5.97 Å². The molecule has 2 fully saturated rings. The van der Waals surface area contributed by atoms with Crippen LogP contribution in [0.5, 0.6) is 0 Å². The Balaban J connectivity index is 2.23. The monoisotopic (exact) mass is 331 g/mol. The van der Waals surface area contributed by atoms with Crippen LogP contribution in [-0.4, -0.2) is 43.3 Å². The normalized spacial score (nSPS) is 33.2. The molecule has 0 unspecified atom stereocenters. The van der Waals surface area contributed by atoms with Gasteiger partial charge in [0.1, 0.15) is 5.41 Å². The summed E-state index contributed by atoms with van der Waals surface area (Å²) in [6.45, 7) is -0.405. The van der Waals surface area contributed by atoms with E-state index in [1.807, 2.05) is 30.3 Å². The Kier molecular flexibility index (Phi) is 4.12. The number of rotatable bonds is 6. The molecule has 24 heavy (non-hydrogen) atoms. The van der Waals surface area contributed by atoms with Gasteiger partial charge in [0.05, 0.1) is 12.7 Å². The van der Waals surface area contributed by atoms with E-state index in [1.54, 1.807) is 0 Å². The molecule has 1 aliphatic carbocycles. The highest BCUT2D eigenvalue weighted by Crippen LogP contribution is 2.69. The minimum absolute atomic E-state index is 0.161. The molecule has 0 radical (unpaired) electrons. The predicted octanol–water partition coefficient (Wildman–Crippen LogP) is 1.74. The molecule has 3 rings (SSSR count). The van der Waals surface area contributed by atoms with Crippen LogP contribution in [0.4, 0.5) is 0 Å². The second-order valence-corrected chi connectivity index (χ2v) is 6.36. The average Bonchev–Trinajstić information content (AvgIpc) is 2.99. The van der Waals surface area contributed by atoms with E-state index in [9.17, 15) is 9.90 Å². The first-order valence-electron chi connectivity index (χ1n) is 7.94. The van der Waals surface area contributed by atoms with Crippen molar-refractivity contribution in [1.82, 2.24) is 0 Å². The molecule has 1 saturated heterocycles. The summed E-state index contributed by atoms with van der Waals surface area (Å²) >= 11 is 0. The van der Waals surface area contributed by atoms with Gasteiger partial charge in [0.15, 0.2) is 5.60 Å². The number of esters is 1. The van der Waals surface area contributed by atoms with E-state index < -0.39 is 29.4 Å². The molecule has 0 spiro atoms. The fourth-order valence-electron chi connectivity index (χ4n) is 4.73. The molecule has 3 atom stereocenters. The third-order valence-corrected chi connectivity index (χ3v) is 5.63. The first-order chi connectivity index (χ1) is 11.6. The molecule has 0 aromatic heterocycles. The number of nitrogens with zero attached hydrogens (tertiary/aromatic N) is 1. The number of aliphatic hydroxyl groups excluding tert-OH is 1. The predicted molar refractivity (Wildman–Crippen MR) is 83.7 cm³/mol. The molecular weight excluding hydrogens is 310 g/mol. The summed E-state index contributed by atoms with van der Waals surface area (Å²) in [7, 11) is 2.90. The molecular formula is C18H21NO5. The number of benzene rings is 1. The average molecular weight is 331 g/mol. The minimum Gasteiger partial charge on any atom is -0.450 e. The molecule has 1 aliphatic heterocycles. The summed E-state index contributed by atoms with van der Waals surface area (Å²) in [5, 5.41) is 19.2. The van der Waals surface area contributed by atoms with Gasteiger partial charge in [-0.3, -0.25) is 4.79 Å². The highest BCUT2D eigenvalue weighted by molar-refractivity contribution is 5.85. The van der Waals surface area contributed by atoms with Gasteiger partial charge in [0, 0.05) is 33.0 Å². The van der Waals surface area contributed by atoms with Gasteiger partial charge in [-0.05, 0) is 12.0 Å². The number of fused-ring (bicyclic) bond motifs is 2. The number of carbonyl (C=O) groups is 1. The molecule has 1 heterocycles. The summed E-state index contributed by atoms with van der Waals surface area (Å²) < 4.78 is 17.0. The third-order valence-electron chi connectivity index (χ3n) is 5.63. The molecule has 1 aromatic rings. The van der Waals surface area contributed by atoms with Crippen LogP contribution in [-0.2, 0) is 19.0 Å². The van der Waals surface area contributed by atoms with E-state index in [4.69, 9.17) is 19.5 Å². The Hall–Kier alpha value is -1.94. The molecule has 0 amide bonds. The van der Waals surface area contributed by atoms with Crippen molar-refractivity contribution in [3.8, 4) is 6.07 Å². The van der Waals surface area contributed by atoms with Gasteiger partial charge in [0.25, 0.3) is 0 Å². The van der Waals surface area contributed by atoms with E-state index >= 15 is 0 Å². The molecule has 2 bridgehead atoms. The number of hydrogen-bond donors (Lipinski definition) is 1. The zero-order chi connectivity index (χ0) is 17.4. The lowest BCUT2D eigenvalue weighted by Gasteiger charge is -2.41. The molecule has 128 valence electrons. The van der Waals surface area contributed by atoms with Crippen molar-refractivity contribution in [1.29, 1.82) is 5.26 Å². The number of hydrogen-bond acceptors (Lipinski definition) is 6. The van der Waals surface area contributed by atoms with E-state index in [-0.39, 0.29) is 18.8 Å². The smallest absolute Gasteiger partial charge is 0.319 e. The fourth-order valence-corrected chi connectivity index (χ4v) is 4.73. The van der Waals surface area contributed by atoms with Gasteiger partial charge in [-0.1, -0.05) is 30.3 Å². The molecule has 1 saturated carbocycles. The Morgan fingerprint density at radius 3 is 2.54 bits per heavy atom. The van der Waals surface area contributed by atoms with E-state index in [0.717, 1.165) is 5.56 Å². The van der Waals surface area contributed by atoms with Gasteiger partial charge in [0.2, 0.25) is 5.79 Å². The van der Waals surface area contributed by atoms with E-state index in [2.05, 4.69) is 6.07 Å². The summed E-state index contributed by atoms with van der Waals surface area (Å²) in [6, 6.07) is 11.7. The number of ether oxygens (including phenoxy) is 3.